The van der Waals surface area contributed by atoms with Gasteiger partial charge in [0.2, 0.25) is 5.91 Å². The Balaban J connectivity index is 1.96. The Bertz CT molecular complexity index is 643. The summed E-state index contributed by atoms with van der Waals surface area (Å²) in [5.74, 6) is -0.131. The zero-order valence-electron chi connectivity index (χ0n) is 12.4. The van der Waals surface area contributed by atoms with Crippen LogP contribution in [0.1, 0.15) is 25.5 Å². The summed E-state index contributed by atoms with van der Waals surface area (Å²) in [5.41, 5.74) is 1.68. The van der Waals surface area contributed by atoms with Crippen LogP contribution >= 0.6 is 23.2 Å². The fourth-order valence-electron chi connectivity index (χ4n) is 2.10. The van der Waals surface area contributed by atoms with Crippen molar-refractivity contribution in [2.24, 2.45) is 0 Å². The molecule has 2 N–H and O–H groups in total. The van der Waals surface area contributed by atoms with Gasteiger partial charge in [0.15, 0.2) is 0 Å². The van der Waals surface area contributed by atoms with Crippen LogP contribution in [-0.4, -0.2) is 11.9 Å². The maximum atomic E-state index is 12.2. The SMILES string of the molecule is CC(NC(C)c1ccc(Cl)cc1)C(=O)Nc1ccccc1Cl. The zero-order chi connectivity index (χ0) is 16.1. The second-order valence-electron chi connectivity index (χ2n) is 5.13. The van der Waals surface area contributed by atoms with Gasteiger partial charge in [-0.2, -0.15) is 0 Å². The highest BCUT2D eigenvalue weighted by Gasteiger charge is 2.17. The summed E-state index contributed by atoms with van der Waals surface area (Å²) in [5, 5.41) is 7.30. The van der Waals surface area contributed by atoms with Crippen molar-refractivity contribution in [1.82, 2.24) is 5.32 Å². The topological polar surface area (TPSA) is 41.1 Å². The molecule has 0 aliphatic carbocycles. The van der Waals surface area contributed by atoms with Crippen molar-refractivity contribution in [2.45, 2.75) is 25.9 Å². The van der Waals surface area contributed by atoms with Gasteiger partial charge in [-0.05, 0) is 43.7 Å². The van der Waals surface area contributed by atoms with Crippen molar-refractivity contribution in [1.29, 1.82) is 0 Å². The van der Waals surface area contributed by atoms with Gasteiger partial charge < -0.3 is 5.32 Å². The second-order valence-corrected chi connectivity index (χ2v) is 5.97. The molecule has 2 aromatic carbocycles. The van der Waals surface area contributed by atoms with Crippen molar-refractivity contribution < 1.29 is 4.79 Å². The summed E-state index contributed by atoms with van der Waals surface area (Å²) >= 11 is 11.9. The van der Waals surface area contributed by atoms with Crippen LogP contribution < -0.4 is 10.6 Å². The Hall–Kier alpha value is -1.55. The number of amides is 1. The van der Waals surface area contributed by atoms with Gasteiger partial charge in [-0.1, -0.05) is 47.5 Å². The molecule has 0 saturated heterocycles. The minimum absolute atomic E-state index is 0.0317. The largest absolute Gasteiger partial charge is 0.323 e. The molecule has 2 atom stereocenters. The molecule has 0 radical (unpaired) electrons. The first-order valence-corrected chi connectivity index (χ1v) is 7.80. The molecule has 0 aliphatic rings. The van der Waals surface area contributed by atoms with Crippen LogP contribution in [0.5, 0.6) is 0 Å². The van der Waals surface area contributed by atoms with Crippen LogP contribution in [0.3, 0.4) is 0 Å². The van der Waals surface area contributed by atoms with E-state index in [0.717, 1.165) is 5.56 Å². The Labute approximate surface area is 140 Å². The molecular weight excluding hydrogens is 319 g/mol. The molecule has 22 heavy (non-hydrogen) atoms. The number of rotatable bonds is 5. The zero-order valence-corrected chi connectivity index (χ0v) is 13.9. The Morgan fingerprint density at radius 2 is 1.64 bits per heavy atom. The van der Waals surface area contributed by atoms with Crippen LogP contribution in [0.25, 0.3) is 0 Å². The van der Waals surface area contributed by atoms with Crippen molar-refractivity contribution in [3.63, 3.8) is 0 Å². The third-order valence-electron chi connectivity index (χ3n) is 3.40. The number of hydrogen-bond acceptors (Lipinski definition) is 2. The summed E-state index contributed by atoms with van der Waals surface area (Å²) < 4.78 is 0. The standard InChI is InChI=1S/C17H18Cl2N2O/c1-11(13-7-9-14(18)10-8-13)20-12(2)17(22)21-16-6-4-3-5-15(16)19/h3-12,20H,1-2H3,(H,21,22). The third kappa shape index (κ3) is 4.47. The molecule has 0 saturated carbocycles. The fourth-order valence-corrected chi connectivity index (χ4v) is 2.41. The first kappa shape index (κ1) is 16.8. The van der Waals surface area contributed by atoms with E-state index < -0.39 is 0 Å². The molecule has 5 heteroatoms. The van der Waals surface area contributed by atoms with Gasteiger partial charge in [0.1, 0.15) is 0 Å². The smallest absolute Gasteiger partial charge is 0.241 e. The van der Waals surface area contributed by atoms with Crippen molar-refractivity contribution in [2.75, 3.05) is 5.32 Å². The molecule has 0 aliphatic heterocycles. The lowest BCUT2D eigenvalue weighted by Gasteiger charge is -2.20. The van der Waals surface area contributed by atoms with Gasteiger partial charge in [0.25, 0.3) is 0 Å². The number of carbonyl (C=O) groups excluding carboxylic acids is 1. The molecule has 0 bridgehead atoms. The van der Waals surface area contributed by atoms with Crippen LogP contribution in [0.15, 0.2) is 48.5 Å². The molecule has 0 heterocycles. The van der Waals surface area contributed by atoms with E-state index in [1.165, 1.54) is 0 Å². The van der Waals surface area contributed by atoms with E-state index in [4.69, 9.17) is 23.2 Å². The van der Waals surface area contributed by atoms with Crippen molar-refractivity contribution >= 4 is 34.8 Å². The van der Waals surface area contributed by atoms with E-state index >= 15 is 0 Å². The first-order valence-electron chi connectivity index (χ1n) is 7.04. The predicted molar refractivity (Wildman–Crippen MR) is 92.5 cm³/mol. The van der Waals surface area contributed by atoms with Gasteiger partial charge in [-0.15, -0.1) is 0 Å². The summed E-state index contributed by atoms with van der Waals surface area (Å²) in [4.78, 5) is 12.2. The van der Waals surface area contributed by atoms with E-state index in [1.54, 1.807) is 12.1 Å². The Morgan fingerprint density at radius 1 is 1.00 bits per heavy atom. The van der Waals surface area contributed by atoms with Gasteiger partial charge in [0, 0.05) is 11.1 Å². The van der Waals surface area contributed by atoms with Gasteiger partial charge in [-0.25, -0.2) is 0 Å². The second kappa shape index (κ2) is 7.63. The number of benzene rings is 2. The van der Waals surface area contributed by atoms with Gasteiger partial charge in [0.05, 0.1) is 16.8 Å². The van der Waals surface area contributed by atoms with E-state index in [1.807, 2.05) is 50.2 Å². The summed E-state index contributed by atoms with van der Waals surface area (Å²) in [7, 11) is 0. The molecule has 3 nitrogen and oxygen atoms in total. The molecule has 1 amide bonds. The molecule has 0 fully saturated rings. The van der Waals surface area contributed by atoms with Gasteiger partial charge in [-0.3, -0.25) is 10.1 Å². The minimum Gasteiger partial charge on any atom is -0.323 e. The predicted octanol–water partition coefficient (Wildman–Crippen LogP) is 4.67. The number of halogens is 2. The molecular formula is C17H18Cl2N2O. The number of hydrogen-bond donors (Lipinski definition) is 2. The Morgan fingerprint density at radius 3 is 2.27 bits per heavy atom. The van der Waals surface area contributed by atoms with E-state index in [0.29, 0.717) is 15.7 Å². The minimum atomic E-state index is -0.359. The lowest BCUT2D eigenvalue weighted by atomic mass is 10.1. The first-order chi connectivity index (χ1) is 10.5. The molecule has 0 spiro atoms. The Kier molecular flexibility index (Phi) is 5.83. The summed E-state index contributed by atoms with van der Waals surface area (Å²) in [6.45, 7) is 3.82. The maximum Gasteiger partial charge on any atom is 0.241 e. The summed E-state index contributed by atoms with van der Waals surface area (Å²) in [6, 6.07) is 14.4. The van der Waals surface area contributed by atoms with Crippen LogP contribution in [0, 0.1) is 0 Å². The van der Waals surface area contributed by atoms with Crippen LogP contribution in [0.4, 0.5) is 5.69 Å². The van der Waals surface area contributed by atoms with Crippen molar-refractivity contribution in [3.05, 3.63) is 64.1 Å². The molecule has 2 rings (SSSR count). The maximum absolute atomic E-state index is 12.2. The lowest BCUT2D eigenvalue weighted by molar-refractivity contribution is -0.117. The normalized spacial score (nSPS) is 13.5. The van der Waals surface area contributed by atoms with E-state index in [9.17, 15) is 4.79 Å². The van der Waals surface area contributed by atoms with E-state index in [2.05, 4.69) is 10.6 Å². The lowest BCUT2D eigenvalue weighted by Crippen LogP contribution is -2.39. The average Bonchev–Trinajstić information content (AvgIpc) is 2.50. The highest BCUT2D eigenvalue weighted by molar-refractivity contribution is 6.33. The number of nitrogens with one attached hydrogen (secondary N) is 2. The average molecular weight is 337 g/mol. The number of carbonyl (C=O) groups is 1. The van der Waals surface area contributed by atoms with Gasteiger partial charge >= 0.3 is 0 Å². The molecule has 2 unspecified atom stereocenters. The van der Waals surface area contributed by atoms with Crippen molar-refractivity contribution in [3.8, 4) is 0 Å². The number of para-hydroxylation sites is 1. The fraction of sp³-hybridized carbons (Fsp3) is 0.235. The molecule has 116 valence electrons. The van der Waals surface area contributed by atoms with Crippen LogP contribution in [-0.2, 0) is 4.79 Å². The molecule has 2 aromatic rings. The van der Waals surface area contributed by atoms with E-state index in [-0.39, 0.29) is 18.0 Å². The third-order valence-corrected chi connectivity index (χ3v) is 3.98. The number of anilines is 1. The summed E-state index contributed by atoms with van der Waals surface area (Å²) in [6.07, 6.45) is 0. The van der Waals surface area contributed by atoms with Crippen LogP contribution in [0.2, 0.25) is 10.0 Å². The molecule has 0 aromatic heterocycles. The monoisotopic (exact) mass is 336 g/mol. The quantitative estimate of drug-likeness (QED) is 0.832. The highest BCUT2D eigenvalue weighted by atomic mass is 35.5. The highest BCUT2D eigenvalue weighted by Crippen LogP contribution is 2.21.